The van der Waals surface area contributed by atoms with E-state index in [0.29, 0.717) is 28.7 Å². The van der Waals surface area contributed by atoms with E-state index in [1.807, 2.05) is 12.1 Å². The van der Waals surface area contributed by atoms with Crippen molar-refractivity contribution in [3.63, 3.8) is 0 Å². The number of thiophene rings is 1. The number of hydrogen-bond donors (Lipinski definition) is 2. The fourth-order valence-corrected chi connectivity index (χ4v) is 3.67. The van der Waals surface area contributed by atoms with Crippen molar-refractivity contribution in [1.82, 2.24) is 4.90 Å². The van der Waals surface area contributed by atoms with Crippen LogP contribution in [-0.2, 0) is 0 Å². The topological polar surface area (TPSA) is 66.6 Å². The number of aliphatic hydroxyl groups is 1. The number of amides is 1. The van der Waals surface area contributed by atoms with E-state index < -0.39 is 0 Å². The average Bonchev–Trinajstić information content (AvgIpc) is 2.81. The molecule has 0 radical (unpaired) electrons. The average molecular weight is 327 g/mol. The van der Waals surface area contributed by atoms with Gasteiger partial charge in [0.1, 0.15) is 4.88 Å². The zero-order valence-corrected chi connectivity index (χ0v) is 13.5. The Labute approximate surface area is 133 Å². The summed E-state index contributed by atoms with van der Waals surface area (Å²) in [5.41, 5.74) is 6.55. The van der Waals surface area contributed by atoms with Crippen LogP contribution in [0.1, 0.15) is 29.4 Å². The Balaban J connectivity index is 2.37. The minimum atomic E-state index is -0.132. The van der Waals surface area contributed by atoms with E-state index in [2.05, 4.69) is 6.92 Å². The SMILES string of the molecule is CCCCN(CCO)C(=O)c1sc2cccc(Cl)c2c1N. The maximum Gasteiger partial charge on any atom is 0.266 e. The smallest absolute Gasteiger partial charge is 0.266 e. The number of aliphatic hydroxyl groups excluding tert-OH is 1. The van der Waals surface area contributed by atoms with E-state index in [1.54, 1.807) is 11.0 Å². The molecule has 21 heavy (non-hydrogen) atoms. The van der Waals surface area contributed by atoms with E-state index in [-0.39, 0.29) is 12.5 Å². The van der Waals surface area contributed by atoms with Crippen LogP contribution in [-0.4, -0.2) is 35.6 Å². The largest absolute Gasteiger partial charge is 0.397 e. The Morgan fingerprint density at radius 3 is 2.81 bits per heavy atom. The van der Waals surface area contributed by atoms with Gasteiger partial charge in [0, 0.05) is 23.2 Å². The van der Waals surface area contributed by atoms with Crippen molar-refractivity contribution in [1.29, 1.82) is 0 Å². The van der Waals surface area contributed by atoms with Gasteiger partial charge in [-0.3, -0.25) is 4.79 Å². The van der Waals surface area contributed by atoms with Gasteiger partial charge >= 0.3 is 0 Å². The molecule has 3 N–H and O–H groups in total. The molecule has 2 aromatic rings. The van der Waals surface area contributed by atoms with Gasteiger partial charge in [-0.25, -0.2) is 0 Å². The highest BCUT2D eigenvalue weighted by Crippen LogP contribution is 2.38. The molecule has 0 unspecified atom stereocenters. The minimum Gasteiger partial charge on any atom is -0.397 e. The fourth-order valence-electron chi connectivity index (χ4n) is 2.22. The molecule has 0 bridgehead atoms. The third kappa shape index (κ3) is 3.31. The van der Waals surface area contributed by atoms with Gasteiger partial charge in [0.05, 0.1) is 17.3 Å². The second-order valence-electron chi connectivity index (χ2n) is 4.83. The van der Waals surface area contributed by atoms with Crippen LogP contribution < -0.4 is 5.73 Å². The summed E-state index contributed by atoms with van der Waals surface area (Å²) in [6.45, 7) is 2.95. The van der Waals surface area contributed by atoms with Gasteiger partial charge in [-0.2, -0.15) is 0 Å². The number of nitrogen functional groups attached to an aromatic ring is 1. The van der Waals surface area contributed by atoms with Crippen molar-refractivity contribution in [2.45, 2.75) is 19.8 Å². The molecule has 2 rings (SSSR count). The number of anilines is 1. The van der Waals surface area contributed by atoms with Gasteiger partial charge in [-0.05, 0) is 18.6 Å². The van der Waals surface area contributed by atoms with Gasteiger partial charge in [0.25, 0.3) is 5.91 Å². The molecule has 1 heterocycles. The summed E-state index contributed by atoms with van der Waals surface area (Å²) >= 11 is 7.52. The van der Waals surface area contributed by atoms with Gasteiger partial charge < -0.3 is 15.7 Å². The first-order valence-electron chi connectivity index (χ1n) is 6.96. The monoisotopic (exact) mass is 326 g/mol. The van der Waals surface area contributed by atoms with Crippen LogP contribution in [0.25, 0.3) is 10.1 Å². The molecule has 0 fully saturated rings. The van der Waals surface area contributed by atoms with Crippen molar-refractivity contribution in [2.75, 3.05) is 25.4 Å². The summed E-state index contributed by atoms with van der Waals surface area (Å²) in [7, 11) is 0. The molecule has 114 valence electrons. The number of nitrogens with zero attached hydrogens (tertiary/aromatic N) is 1. The Morgan fingerprint density at radius 1 is 1.43 bits per heavy atom. The van der Waals surface area contributed by atoms with Crippen molar-refractivity contribution >= 4 is 44.6 Å². The zero-order valence-electron chi connectivity index (χ0n) is 11.9. The third-order valence-corrected chi connectivity index (χ3v) is 4.81. The summed E-state index contributed by atoms with van der Waals surface area (Å²) < 4.78 is 0.905. The predicted octanol–water partition coefficient (Wildman–Crippen LogP) is 3.37. The summed E-state index contributed by atoms with van der Waals surface area (Å²) in [5, 5.41) is 10.4. The predicted molar refractivity (Wildman–Crippen MR) is 89.1 cm³/mol. The number of hydrogen-bond acceptors (Lipinski definition) is 4. The van der Waals surface area contributed by atoms with Crippen molar-refractivity contribution in [3.8, 4) is 0 Å². The van der Waals surface area contributed by atoms with E-state index in [0.717, 1.165) is 22.9 Å². The number of halogens is 1. The van der Waals surface area contributed by atoms with E-state index >= 15 is 0 Å². The third-order valence-electron chi connectivity index (χ3n) is 3.33. The maximum atomic E-state index is 12.6. The molecule has 1 aromatic heterocycles. The highest BCUT2D eigenvalue weighted by molar-refractivity contribution is 7.21. The number of nitrogens with two attached hydrogens (primary N) is 1. The zero-order chi connectivity index (χ0) is 15.4. The molecule has 1 aromatic carbocycles. The van der Waals surface area contributed by atoms with E-state index in [9.17, 15) is 4.79 Å². The highest BCUT2D eigenvalue weighted by atomic mass is 35.5. The molecule has 0 saturated heterocycles. The van der Waals surface area contributed by atoms with E-state index in [4.69, 9.17) is 22.4 Å². The molecule has 0 saturated carbocycles. The Morgan fingerprint density at radius 2 is 2.19 bits per heavy atom. The van der Waals surface area contributed by atoms with Crippen molar-refractivity contribution < 1.29 is 9.90 Å². The first kappa shape index (κ1) is 16.1. The molecular formula is C15H19ClN2O2S. The lowest BCUT2D eigenvalue weighted by atomic mass is 10.2. The number of carbonyl (C=O) groups excluding carboxylic acids is 1. The van der Waals surface area contributed by atoms with Crippen molar-refractivity contribution in [2.24, 2.45) is 0 Å². The molecular weight excluding hydrogens is 308 g/mol. The highest BCUT2D eigenvalue weighted by Gasteiger charge is 2.22. The molecule has 6 heteroatoms. The lowest BCUT2D eigenvalue weighted by molar-refractivity contribution is 0.0725. The molecule has 0 atom stereocenters. The Bertz CT molecular complexity index is 642. The summed E-state index contributed by atoms with van der Waals surface area (Å²) in [6.07, 6.45) is 1.89. The number of rotatable bonds is 6. The van der Waals surface area contributed by atoms with E-state index in [1.165, 1.54) is 11.3 Å². The van der Waals surface area contributed by atoms with Gasteiger partial charge in [-0.1, -0.05) is 31.0 Å². The standard InChI is InChI=1S/C15H19ClN2O2S/c1-2-3-7-18(8-9-19)15(20)14-13(17)12-10(16)5-4-6-11(12)21-14/h4-6,19H,2-3,7-9,17H2,1H3. The fraction of sp³-hybridized carbons (Fsp3) is 0.400. The van der Waals surface area contributed by atoms with Crippen LogP contribution >= 0.6 is 22.9 Å². The maximum absolute atomic E-state index is 12.6. The van der Waals surface area contributed by atoms with Gasteiger partial charge in [0.15, 0.2) is 0 Å². The molecule has 4 nitrogen and oxygen atoms in total. The first-order chi connectivity index (χ1) is 10.1. The van der Waals surface area contributed by atoms with Crippen LogP contribution in [0.3, 0.4) is 0 Å². The molecule has 1 amide bonds. The first-order valence-corrected chi connectivity index (χ1v) is 8.16. The summed E-state index contributed by atoms with van der Waals surface area (Å²) in [4.78, 5) is 14.8. The Kier molecular flexibility index (Phi) is 5.45. The van der Waals surface area contributed by atoms with Crippen LogP contribution in [0, 0.1) is 0 Å². The number of benzene rings is 1. The normalized spacial score (nSPS) is 11.0. The van der Waals surface area contributed by atoms with Gasteiger partial charge in [0.2, 0.25) is 0 Å². The van der Waals surface area contributed by atoms with Crippen LogP contribution in [0.4, 0.5) is 5.69 Å². The summed E-state index contributed by atoms with van der Waals surface area (Å²) in [6, 6.07) is 5.52. The number of unbranched alkanes of at least 4 members (excludes halogenated alkanes) is 1. The molecule has 0 aliphatic rings. The summed E-state index contributed by atoms with van der Waals surface area (Å²) in [5.74, 6) is -0.132. The molecule has 0 aliphatic heterocycles. The molecule has 0 spiro atoms. The number of carbonyl (C=O) groups is 1. The Hall–Kier alpha value is -1.30. The molecule has 0 aliphatic carbocycles. The minimum absolute atomic E-state index is 0.0546. The van der Waals surface area contributed by atoms with Crippen molar-refractivity contribution in [3.05, 3.63) is 28.1 Å². The lowest BCUT2D eigenvalue weighted by Crippen LogP contribution is -2.34. The van der Waals surface area contributed by atoms with Crippen LogP contribution in [0.2, 0.25) is 5.02 Å². The second-order valence-corrected chi connectivity index (χ2v) is 6.29. The number of fused-ring (bicyclic) bond motifs is 1. The van der Waals surface area contributed by atoms with Crippen LogP contribution in [0.5, 0.6) is 0 Å². The second kappa shape index (κ2) is 7.11. The van der Waals surface area contributed by atoms with Crippen LogP contribution in [0.15, 0.2) is 18.2 Å². The lowest BCUT2D eigenvalue weighted by Gasteiger charge is -2.21. The van der Waals surface area contributed by atoms with Gasteiger partial charge in [-0.15, -0.1) is 11.3 Å². The quantitative estimate of drug-likeness (QED) is 0.855.